The van der Waals surface area contributed by atoms with Crippen molar-refractivity contribution in [3.05, 3.63) is 29.3 Å². The Bertz CT molecular complexity index is 586. The number of hydrogen-bond donors (Lipinski definition) is 1. The molecule has 0 aromatic heterocycles. The zero-order chi connectivity index (χ0) is 17.0. The van der Waals surface area contributed by atoms with Crippen molar-refractivity contribution in [1.82, 2.24) is 4.90 Å². The number of nitrogens with one attached hydrogen (secondary N) is 1. The van der Waals surface area contributed by atoms with Crippen LogP contribution in [0, 0.1) is 0 Å². The Morgan fingerprint density at radius 3 is 2.35 bits per heavy atom. The van der Waals surface area contributed by atoms with Crippen molar-refractivity contribution in [3.63, 3.8) is 0 Å². The number of hydrogen-bond acceptors (Lipinski definition) is 6. The predicted octanol–water partition coefficient (Wildman–Crippen LogP) is 1.96. The van der Waals surface area contributed by atoms with Crippen LogP contribution in [-0.4, -0.2) is 54.3 Å². The molecule has 0 unspecified atom stereocenters. The average molecular weight is 359 g/mol. The highest BCUT2D eigenvalue weighted by molar-refractivity contribution is 8.00. The Kier molecular flexibility index (Phi) is 5.73. The minimum Gasteiger partial charge on any atom is -0.467 e. The summed E-state index contributed by atoms with van der Waals surface area (Å²) in [6.07, 6.45) is 0. The first-order chi connectivity index (χ1) is 11.0. The molecule has 1 heterocycles. The summed E-state index contributed by atoms with van der Waals surface area (Å²) in [5.41, 5.74) is 0.489. The first kappa shape index (κ1) is 17.4. The van der Waals surface area contributed by atoms with Gasteiger partial charge in [0.2, 0.25) is 0 Å². The monoisotopic (exact) mass is 358 g/mol. The summed E-state index contributed by atoms with van der Waals surface area (Å²) in [5.74, 6) is -0.941. The van der Waals surface area contributed by atoms with Gasteiger partial charge in [0, 0.05) is 16.5 Å². The van der Waals surface area contributed by atoms with Gasteiger partial charge in [0.1, 0.15) is 6.04 Å². The molecular weight excluding hydrogens is 344 g/mol. The summed E-state index contributed by atoms with van der Waals surface area (Å²) < 4.78 is 9.39. The van der Waals surface area contributed by atoms with E-state index in [-0.39, 0.29) is 5.75 Å². The molecule has 0 spiro atoms. The third kappa shape index (κ3) is 3.89. The van der Waals surface area contributed by atoms with Gasteiger partial charge in [0.05, 0.1) is 14.2 Å². The van der Waals surface area contributed by atoms with E-state index < -0.39 is 29.4 Å². The van der Waals surface area contributed by atoms with Gasteiger partial charge in [-0.25, -0.2) is 14.4 Å². The van der Waals surface area contributed by atoms with Gasteiger partial charge in [-0.1, -0.05) is 11.6 Å². The van der Waals surface area contributed by atoms with Crippen molar-refractivity contribution in [2.45, 2.75) is 11.4 Å². The quantitative estimate of drug-likeness (QED) is 0.831. The topological polar surface area (TPSA) is 84.9 Å². The SMILES string of the molecule is COC(=O)[C@@H]1CS[C@@H](C(=O)OC)N1C(=O)Nc1ccc(Cl)cc1. The molecule has 1 aliphatic heterocycles. The number of amides is 2. The molecular formula is C14H15ClN2O5S. The van der Waals surface area contributed by atoms with Gasteiger partial charge >= 0.3 is 18.0 Å². The number of benzene rings is 1. The summed E-state index contributed by atoms with van der Waals surface area (Å²) in [5, 5.41) is 2.25. The van der Waals surface area contributed by atoms with Crippen LogP contribution in [0.15, 0.2) is 24.3 Å². The Morgan fingerprint density at radius 2 is 1.78 bits per heavy atom. The van der Waals surface area contributed by atoms with E-state index in [0.717, 1.165) is 16.7 Å². The number of carbonyl (C=O) groups excluding carboxylic acids is 3. The number of halogens is 1. The van der Waals surface area contributed by atoms with Crippen LogP contribution in [0.1, 0.15) is 0 Å². The van der Waals surface area contributed by atoms with Crippen LogP contribution >= 0.6 is 23.4 Å². The van der Waals surface area contributed by atoms with Gasteiger partial charge in [0.15, 0.2) is 5.37 Å². The van der Waals surface area contributed by atoms with E-state index in [0.29, 0.717) is 10.7 Å². The van der Waals surface area contributed by atoms with E-state index in [4.69, 9.17) is 21.1 Å². The van der Waals surface area contributed by atoms with Crippen LogP contribution in [-0.2, 0) is 19.1 Å². The third-order valence-electron chi connectivity index (χ3n) is 3.21. The molecule has 0 bridgehead atoms. The lowest BCUT2D eigenvalue weighted by Crippen LogP contribution is -2.50. The largest absolute Gasteiger partial charge is 0.467 e. The lowest BCUT2D eigenvalue weighted by Gasteiger charge is -2.26. The minimum atomic E-state index is -0.906. The molecule has 1 saturated heterocycles. The molecule has 7 nitrogen and oxygen atoms in total. The number of esters is 2. The van der Waals surface area contributed by atoms with Crippen molar-refractivity contribution in [3.8, 4) is 0 Å². The zero-order valence-corrected chi connectivity index (χ0v) is 14.0. The fourth-order valence-corrected chi connectivity index (χ4v) is 3.50. The summed E-state index contributed by atoms with van der Waals surface area (Å²) in [4.78, 5) is 37.4. The van der Waals surface area contributed by atoms with Crippen LogP contribution in [0.25, 0.3) is 0 Å². The minimum absolute atomic E-state index is 0.250. The van der Waals surface area contributed by atoms with E-state index in [1.165, 1.54) is 14.2 Å². The van der Waals surface area contributed by atoms with Crippen LogP contribution in [0.2, 0.25) is 5.02 Å². The standard InChI is InChI=1S/C14H15ClN2O5S/c1-21-12(18)10-7-23-11(13(19)22-2)17(10)14(20)16-9-5-3-8(15)4-6-9/h3-6,10-11H,7H2,1-2H3,(H,16,20)/t10-,11-/m0/s1. The third-order valence-corrected chi connectivity index (χ3v) is 4.70. The van der Waals surface area contributed by atoms with E-state index in [1.807, 2.05) is 0 Å². The fourth-order valence-electron chi connectivity index (χ4n) is 2.08. The molecule has 0 radical (unpaired) electrons. The van der Waals surface area contributed by atoms with Crippen molar-refractivity contribution in [2.24, 2.45) is 0 Å². The van der Waals surface area contributed by atoms with Crippen LogP contribution in [0.3, 0.4) is 0 Å². The van der Waals surface area contributed by atoms with E-state index in [1.54, 1.807) is 24.3 Å². The lowest BCUT2D eigenvalue weighted by molar-refractivity contribution is -0.147. The second-order valence-corrected chi connectivity index (χ2v) is 6.14. The predicted molar refractivity (Wildman–Crippen MR) is 86.4 cm³/mol. The van der Waals surface area contributed by atoms with Gasteiger partial charge in [-0.2, -0.15) is 0 Å². The molecule has 23 heavy (non-hydrogen) atoms. The number of ether oxygens (including phenoxy) is 2. The molecule has 1 aromatic rings. The zero-order valence-electron chi connectivity index (χ0n) is 12.4. The number of rotatable bonds is 3. The summed E-state index contributed by atoms with van der Waals surface area (Å²) in [6.45, 7) is 0. The lowest BCUT2D eigenvalue weighted by atomic mass is 10.3. The molecule has 2 rings (SSSR count). The maximum absolute atomic E-state index is 12.5. The number of urea groups is 1. The Labute approximate surface area is 142 Å². The second-order valence-electron chi connectivity index (χ2n) is 4.59. The fraction of sp³-hybridized carbons (Fsp3) is 0.357. The molecule has 1 N–H and O–H groups in total. The molecule has 0 saturated carbocycles. The number of anilines is 1. The van der Waals surface area contributed by atoms with E-state index in [9.17, 15) is 14.4 Å². The molecule has 9 heteroatoms. The first-order valence-corrected chi connectivity index (χ1v) is 8.02. The summed E-state index contributed by atoms with van der Waals surface area (Å²) >= 11 is 6.94. The van der Waals surface area contributed by atoms with Gasteiger partial charge < -0.3 is 14.8 Å². The molecule has 2 atom stereocenters. The summed E-state index contributed by atoms with van der Waals surface area (Å²) in [7, 11) is 2.46. The first-order valence-electron chi connectivity index (χ1n) is 6.60. The maximum Gasteiger partial charge on any atom is 0.339 e. The van der Waals surface area contributed by atoms with Gasteiger partial charge in [-0.15, -0.1) is 11.8 Å². The smallest absolute Gasteiger partial charge is 0.339 e. The van der Waals surface area contributed by atoms with Crippen LogP contribution in [0.4, 0.5) is 10.5 Å². The van der Waals surface area contributed by atoms with Crippen molar-refractivity contribution < 1.29 is 23.9 Å². The van der Waals surface area contributed by atoms with Gasteiger partial charge in [-0.3, -0.25) is 4.90 Å². The molecule has 124 valence electrons. The number of nitrogens with zero attached hydrogens (tertiary/aromatic N) is 1. The number of thioether (sulfide) groups is 1. The second kappa shape index (κ2) is 7.56. The maximum atomic E-state index is 12.5. The van der Waals surface area contributed by atoms with E-state index in [2.05, 4.69) is 5.32 Å². The van der Waals surface area contributed by atoms with Gasteiger partial charge in [0.25, 0.3) is 0 Å². The summed E-state index contributed by atoms with van der Waals surface area (Å²) in [6, 6.07) is 5.01. The van der Waals surface area contributed by atoms with Crippen molar-refractivity contribution in [1.29, 1.82) is 0 Å². The Morgan fingerprint density at radius 1 is 1.17 bits per heavy atom. The van der Waals surface area contributed by atoms with Gasteiger partial charge in [-0.05, 0) is 24.3 Å². The number of methoxy groups -OCH3 is 2. The normalized spacial score (nSPS) is 20.0. The average Bonchev–Trinajstić information content (AvgIpc) is 3.00. The molecule has 0 aliphatic carbocycles. The van der Waals surface area contributed by atoms with Crippen LogP contribution < -0.4 is 5.32 Å². The Hall–Kier alpha value is -1.93. The molecule has 1 aliphatic rings. The highest BCUT2D eigenvalue weighted by atomic mass is 35.5. The molecule has 1 fully saturated rings. The Balaban J connectivity index is 2.21. The van der Waals surface area contributed by atoms with Crippen LogP contribution in [0.5, 0.6) is 0 Å². The molecule has 2 amide bonds. The molecule has 1 aromatic carbocycles. The van der Waals surface area contributed by atoms with Crippen molar-refractivity contribution >= 4 is 47.0 Å². The number of carbonyl (C=O) groups is 3. The highest BCUT2D eigenvalue weighted by Gasteiger charge is 2.46. The van der Waals surface area contributed by atoms with E-state index >= 15 is 0 Å². The highest BCUT2D eigenvalue weighted by Crippen LogP contribution is 2.31. The van der Waals surface area contributed by atoms with Crippen molar-refractivity contribution in [2.75, 3.05) is 25.3 Å².